The Balaban J connectivity index is 1.81. The molecule has 2 aromatic rings. The molecule has 26 heavy (non-hydrogen) atoms. The van der Waals surface area contributed by atoms with Crippen molar-refractivity contribution in [3.63, 3.8) is 0 Å². The smallest absolute Gasteiger partial charge is 0.358 e. The van der Waals surface area contributed by atoms with Crippen LogP contribution in [-0.2, 0) is 16.1 Å². The first-order chi connectivity index (χ1) is 12.3. The Kier molecular flexibility index (Phi) is 6.05. The van der Waals surface area contributed by atoms with E-state index in [1.807, 2.05) is 32.0 Å². The Labute approximate surface area is 150 Å². The number of para-hydroxylation sites is 1. The molecule has 0 fully saturated rings. The van der Waals surface area contributed by atoms with Crippen LogP contribution < -0.4 is 10.6 Å². The van der Waals surface area contributed by atoms with Gasteiger partial charge in [0.25, 0.3) is 0 Å². The molecule has 1 aromatic carbocycles. The fraction of sp³-hybridized carbons (Fsp3) is 0.353. The normalized spacial score (nSPS) is 10.4. The summed E-state index contributed by atoms with van der Waals surface area (Å²) in [4.78, 5) is 37.8. The minimum atomic E-state index is -0.582. The zero-order chi connectivity index (χ0) is 19.3. The zero-order valence-electron chi connectivity index (χ0n) is 14.9. The van der Waals surface area contributed by atoms with Crippen LogP contribution in [-0.4, -0.2) is 32.8 Å². The third kappa shape index (κ3) is 4.88. The highest BCUT2D eigenvalue weighted by atomic mass is 16.6. The monoisotopic (exact) mass is 359 g/mol. The molecule has 1 aromatic heterocycles. The highest BCUT2D eigenvalue weighted by Gasteiger charge is 2.16. The molecule has 0 bridgehead atoms. The van der Waals surface area contributed by atoms with Gasteiger partial charge in [-0.2, -0.15) is 0 Å². The van der Waals surface area contributed by atoms with Crippen LogP contribution in [0.4, 0.5) is 11.5 Å². The summed E-state index contributed by atoms with van der Waals surface area (Å²) < 4.78 is 1.54. The molecule has 9 heteroatoms. The summed E-state index contributed by atoms with van der Waals surface area (Å²) in [5.41, 5.74) is 2.64. The molecule has 2 amide bonds. The maximum Gasteiger partial charge on any atom is 0.381 e. The van der Waals surface area contributed by atoms with E-state index >= 15 is 0 Å². The summed E-state index contributed by atoms with van der Waals surface area (Å²) in [6.45, 7) is 5.53. The lowest BCUT2D eigenvalue weighted by Gasteiger charge is -2.12. The SMILES string of the molecule is Cc1cccc(C)c1NC(=O)CNC(=O)CCn1cc([N+](=O)[O-])nc1C. The van der Waals surface area contributed by atoms with E-state index in [2.05, 4.69) is 15.6 Å². The van der Waals surface area contributed by atoms with E-state index in [0.717, 1.165) is 16.8 Å². The largest absolute Gasteiger partial charge is 0.381 e. The second-order valence-electron chi connectivity index (χ2n) is 5.94. The van der Waals surface area contributed by atoms with Crippen molar-refractivity contribution < 1.29 is 14.5 Å². The third-order valence-electron chi connectivity index (χ3n) is 3.92. The molecule has 0 aliphatic carbocycles. The van der Waals surface area contributed by atoms with E-state index in [0.29, 0.717) is 5.82 Å². The molecular weight excluding hydrogens is 338 g/mol. The van der Waals surface area contributed by atoms with Gasteiger partial charge in [0.1, 0.15) is 6.20 Å². The Bertz CT molecular complexity index is 823. The van der Waals surface area contributed by atoms with Crippen LogP contribution in [0.5, 0.6) is 0 Å². The Morgan fingerprint density at radius 2 is 1.85 bits per heavy atom. The summed E-state index contributed by atoms with van der Waals surface area (Å²) in [5, 5.41) is 16.0. The van der Waals surface area contributed by atoms with Crippen LogP contribution in [0.3, 0.4) is 0 Å². The van der Waals surface area contributed by atoms with Crippen LogP contribution in [0.25, 0.3) is 0 Å². The first-order valence-electron chi connectivity index (χ1n) is 8.09. The molecule has 9 nitrogen and oxygen atoms in total. The second-order valence-corrected chi connectivity index (χ2v) is 5.94. The number of nitro groups is 1. The number of carbonyl (C=O) groups is 2. The maximum atomic E-state index is 12.0. The predicted molar refractivity (Wildman–Crippen MR) is 95.8 cm³/mol. The molecule has 1 heterocycles. The number of aromatic nitrogens is 2. The van der Waals surface area contributed by atoms with E-state index in [-0.39, 0.29) is 37.1 Å². The van der Waals surface area contributed by atoms with Crippen LogP contribution in [0.1, 0.15) is 23.4 Å². The zero-order valence-corrected chi connectivity index (χ0v) is 14.9. The minimum Gasteiger partial charge on any atom is -0.358 e. The third-order valence-corrected chi connectivity index (χ3v) is 3.92. The quantitative estimate of drug-likeness (QED) is 0.578. The summed E-state index contributed by atoms with van der Waals surface area (Å²) in [6.07, 6.45) is 1.38. The fourth-order valence-corrected chi connectivity index (χ4v) is 2.49. The van der Waals surface area contributed by atoms with Crippen LogP contribution in [0, 0.1) is 30.9 Å². The summed E-state index contributed by atoms with van der Waals surface area (Å²) in [6, 6.07) is 5.70. The van der Waals surface area contributed by atoms with E-state index < -0.39 is 4.92 Å². The number of carbonyl (C=O) groups excluding carboxylic acids is 2. The van der Waals surface area contributed by atoms with Gasteiger partial charge in [0, 0.05) is 25.6 Å². The predicted octanol–water partition coefficient (Wildman–Crippen LogP) is 1.86. The van der Waals surface area contributed by atoms with E-state index in [9.17, 15) is 19.7 Å². The van der Waals surface area contributed by atoms with Crippen molar-refractivity contribution in [1.29, 1.82) is 0 Å². The molecule has 0 aliphatic heterocycles. The average Bonchev–Trinajstić information content (AvgIpc) is 2.96. The lowest BCUT2D eigenvalue weighted by atomic mass is 10.1. The maximum absolute atomic E-state index is 12.0. The van der Waals surface area contributed by atoms with Gasteiger partial charge in [0.05, 0.1) is 6.54 Å². The number of benzene rings is 1. The molecule has 0 saturated carbocycles. The number of aryl methyl sites for hydroxylation is 4. The molecular formula is C17H21N5O4. The van der Waals surface area contributed by atoms with Crippen molar-refractivity contribution in [2.75, 3.05) is 11.9 Å². The number of hydrogen-bond acceptors (Lipinski definition) is 5. The number of anilines is 1. The van der Waals surface area contributed by atoms with Gasteiger partial charge in [-0.05, 0) is 34.9 Å². The van der Waals surface area contributed by atoms with E-state index in [1.165, 1.54) is 10.8 Å². The van der Waals surface area contributed by atoms with Gasteiger partial charge in [-0.25, -0.2) is 0 Å². The Morgan fingerprint density at radius 3 is 2.42 bits per heavy atom. The van der Waals surface area contributed by atoms with E-state index in [4.69, 9.17) is 0 Å². The average molecular weight is 359 g/mol. The van der Waals surface area contributed by atoms with Crippen LogP contribution in [0.15, 0.2) is 24.4 Å². The lowest BCUT2D eigenvalue weighted by Crippen LogP contribution is -2.33. The molecule has 2 rings (SSSR count). The molecule has 138 valence electrons. The number of hydrogen-bond donors (Lipinski definition) is 2. The summed E-state index contributed by atoms with van der Waals surface area (Å²) >= 11 is 0. The summed E-state index contributed by atoms with van der Waals surface area (Å²) in [5.74, 6) is -0.434. The van der Waals surface area contributed by atoms with Gasteiger partial charge < -0.3 is 25.3 Å². The number of nitrogens with one attached hydrogen (secondary N) is 2. The number of nitrogens with zero attached hydrogens (tertiary/aromatic N) is 3. The van der Waals surface area contributed by atoms with Crippen molar-refractivity contribution in [2.45, 2.75) is 33.7 Å². The number of imidazole rings is 1. The molecule has 0 spiro atoms. The topological polar surface area (TPSA) is 119 Å². The molecule has 2 N–H and O–H groups in total. The Morgan fingerprint density at radius 1 is 1.19 bits per heavy atom. The van der Waals surface area contributed by atoms with Gasteiger partial charge in [-0.15, -0.1) is 0 Å². The Hall–Kier alpha value is -3.23. The van der Waals surface area contributed by atoms with Gasteiger partial charge in [-0.3, -0.25) is 9.59 Å². The molecule has 0 radical (unpaired) electrons. The van der Waals surface area contributed by atoms with E-state index in [1.54, 1.807) is 6.92 Å². The van der Waals surface area contributed by atoms with Gasteiger partial charge in [-0.1, -0.05) is 18.2 Å². The first-order valence-corrected chi connectivity index (χ1v) is 8.09. The van der Waals surface area contributed by atoms with Crippen molar-refractivity contribution in [3.8, 4) is 0 Å². The second kappa shape index (κ2) is 8.24. The van der Waals surface area contributed by atoms with Crippen LogP contribution >= 0.6 is 0 Å². The first kappa shape index (κ1) is 19.1. The molecule has 0 unspecified atom stereocenters. The van der Waals surface area contributed by atoms with Crippen molar-refractivity contribution in [2.24, 2.45) is 0 Å². The lowest BCUT2D eigenvalue weighted by molar-refractivity contribution is -0.389. The fourth-order valence-electron chi connectivity index (χ4n) is 2.49. The van der Waals surface area contributed by atoms with Crippen LogP contribution in [0.2, 0.25) is 0 Å². The molecule has 0 saturated heterocycles. The minimum absolute atomic E-state index is 0.0883. The van der Waals surface area contributed by atoms with Gasteiger partial charge >= 0.3 is 5.82 Å². The molecule has 0 aliphatic rings. The van der Waals surface area contributed by atoms with Gasteiger partial charge in [0.2, 0.25) is 17.6 Å². The molecule has 0 atom stereocenters. The standard InChI is InChI=1S/C17H21N5O4/c1-11-5-4-6-12(2)17(11)20-16(24)9-18-15(23)7-8-21-10-14(22(25)26)19-13(21)3/h4-6,10H,7-9H2,1-3H3,(H,18,23)(H,20,24). The highest BCUT2D eigenvalue weighted by molar-refractivity contribution is 5.95. The van der Waals surface area contributed by atoms with Crippen molar-refractivity contribution in [1.82, 2.24) is 14.9 Å². The van der Waals surface area contributed by atoms with Gasteiger partial charge in [0.15, 0.2) is 0 Å². The van der Waals surface area contributed by atoms with Crippen molar-refractivity contribution in [3.05, 3.63) is 51.5 Å². The number of rotatable bonds is 7. The van der Waals surface area contributed by atoms with Crippen molar-refractivity contribution >= 4 is 23.3 Å². The summed E-state index contributed by atoms with van der Waals surface area (Å²) in [7, 11) is 0. The number of amides is 2. The highest BCUT2D eigenvalue weighted by Crippen LogP contribution is 2.19.